The lowest BCUT2D eigenvalue weighted by Crippen LogP contribution is -2.34. The van der Waals surface area contributed by atoms with Gasteiger partial charge in [-0.05, 0) is 69.5 Å². The SMILES string of the molecule is CC1CC1c1noc(CC2CCN(Cc3cc4n(n3)CCCC4)CC2)n1. The summed E-state index contributed by atoms with van der Waals surface area (Å²) in [6.45, 7) is 6.65. The van der Waals surface area contributed by atoms with E-state index in [4.69, 9.17) is 9.62 Å². The molecule has 6 nitrogen and oxygen atoms in total. The maximum atomic E-state index is 5.50. The van der Waals surface area contributed by atoms with E-state index in [1.807, 2.05) is 0 Å². The lowest BCUT2D eigenvalue weighted by Gasteiger charge is -2.30. The van der Waals surface area contributed by atoms with Crippen LogP contribution in [-0.2, 0) is 25.9 Å². The number of aryl methyl sites for hydroxylation is 2. The zero-order valence-electron chi connectivity index (χ0n) is 15.7. The fourth-order valence-corrected chi connectivity index (χ4v) is 4.56. The molecule has 0 N–H and O–H groups in total. The summed E-state index contributed by atoms with van der Waals surface area (Å²) in [4.78, 5) is 7.19. The second-order valence-corrected chi connectivity index (χ2v) is 8.60. The van der Waals surface area contributed by atoms with Gasteiger partial charge in [-0.15, -0.1) is 0 Å². The normalized spacial score (nSPS) is 26.8. The molecule has 0 amide bonds. The van der Waals surface area contributed by atoms with Crippen LogP contribution in [0.3, 0.4) is 0 Å². The van der Waals surface area contributed by atoms with Crippen molar-refractivity contribution in [2.24, 2.45) is 11.8 Å². The van der Waals surface area contributed by atoms with Gasteiger partial charge in [-0.25, -0.2) is 0 Å². The second kappa shape index (κ2) is 6.80. The highest BCUT2D eigenvalue weighted by Gasteiger charge is 2.38. The Morgan fingerprint density at radius 3 is 2.81 bits per heavy atom. The van der Waals surface area contributed by atoms with Gasteiger partial charge in [0.1, 0.15) is 0 Å². The summed E-state index contributed by atoms with van der Waals surface area (Å²) >= 11 is 0. The van der Waals surface area contributed by atoms with Crippen molar-refractivity contribution in [3.63, 3.8) is 0 Å². The van der Waals surface area contributed by atoms with Crippen molar-refractivity contribution in [3.05, 3.63) is 29.2 Å². The van der Waals surface area contributed by atoms with E-state index < -0.39 is 0 Å². The highest BCUT2D eigenvalue weighted by Crippen LogP contribution is 2.45. The number of nitrogens with zero attached hydrogens (tertiary/aromatic N) is 5. The van der Waals surface area contributed by atoms with Crippen LogP contribution >= 0.6 is 0 Å². The van der Waals surface area contributed by atoms with Gasteiger partial charge < -0.3 is 4.52 Å². The van der Waals surface area contributed by atoms with Crippen LogP contribution in [0.25, 0.3) is 0 Å². The molecule has 1 saturated carbocycles. The first kappa shape index (κ1) is 16.5. The Bertz CT molecular complexity index is 735. The Morgan fingerprint density at radius 2 is 2.04 bits per heavy atom. The van der Waals surface area contributed by atoms with Crippen LogP contribution in [0.1, 0.15) is 68.0 Å². The summed E-state index contributed by atoms with van der Waals surface area (Å²) in [5, 5.41) is 8.99. The number of hydrogen-bond acceptors (Lipinski definition) is 5. The molecule has 6 heteroatoms. The standard InChI is InChI=1S/C20H29N5O/c1-14-10-18(14)20-21-19(26-23-20)11-15-5-8-24(9-6-15)13-16-12-17-4-2-3-7-25(17)22-16/h12,14-15,18H,2-11,13H2,1H3. The molecule has 2 aliphatic heterocycles. The van der Waals surface area contributed by atoms with Crippen LogP contribution in [0, 0.1) is 11.8 Å². The number of fused-ring (bicyclic) bond motifs is 1. The lowest BCUT2D eigenvalue weighted by atomic mass is 9.93. The molecule has 2 fully saturated rings. The Labute approximate surface area is 154 Å². The zero-order chi connectivity index (χ0) is 17.5. The first-order chi connectivity index (χ1) is 12.7. The molecule has 140 valence electrons. The van der Waals surface area contributed by atoms with E-state index in [1.165, 1.54) is 49.9 Å². The summed E-state index contributed by atoms with van der Waals surface area (Å²) in [5.74, 6) is 3.74. The van der Waals surface area contributed by atoms with E-state index in [0.717, 1.165) is 50.2 Å². The van der Waals surface area contributed by atoms with Crippen molar-refractivity contribution >= 4 is 0 Å². The third-order valence-corrected chi connectivity index (χ3v) is 6.45. The molecule has 2 aromatic heterocycles. The number of aromatic nitrogens is 4. The van der Waals surface area contributed by atoms with E-state index >= 15 is 0 Å². The van der Waals surface area contributed by atoms with E-state index in [0.29, 0.717) is 11.8 Å². The Balaban J connectivity index is 1.11. The lowest BCUT2D eigenvalue weighted by molar-refractivity contribution is 0.169. The van der Waals surface area contributed by atoms with Crippen molar-refractivity contribution in [3.8, 4) is 0 Å². The average Bonchev–Trinajstić information content (AvgIpc) is 3.06. The predicted molar refractivity (Wildman–Crippen MR) is 97.7 cm³/mol. The largest absolute Gasteiger partial charge is 0.339 e. The van der Waals surface area contributed by atoms with Crippen LogP contribution in [0.2, 0.25) is 0 Å². The van der Waals surface area contributed by atoms with Crippen molar-refractivity contribution in [2.45, 2.75) is 70.9 Å². The van der Waals surface area contributed by atoms with Crippen LogP contribution in [-0.4, -0.2) is 37.9 Å². The molecule has 0 bridgehead atoms. The third kappa shape index (κ3) is 3.43. The minimum atomic E-state index is 0.551. The highest BCUT2D eigenvalue weighted by atomic mass is 16.5. The number of hydrogen-bond donors (Lipinski definition) is 0. The molecule has 3 aliphatic rings. The van der Waals surface area contributed by atoms with Gasteiger partial charge in [0.15, 0.2) is 5.82 Å². The van der Waals surface area contributed by atoms with Crippen LogP contribution in [0.5, 0.6) is 0 Å². The smallest absolute Gasteiger partial charge is 0.226 e. The van der Waals surface area contributed by atoms with Gasteiger partial charge in [0.05, 0.1) is 5.69 Å². The third-order valence-electron chi connectivity index (χ3n) is 6.45. The summed E-state index contributed by atoms with van der Waals surface area (Å²) in [7, 11) is 0. The molecular weight excluding hydrogens is 326 g/mol. The first-order valence-electron chi connectivity index (χ1n) is 10.3. The summed E-state index contributed by atoms with van der Waals surface area (Å²) in [5.41, 5.74) is 2.68. The average molecular weight is 355 g/mol. The quantitative estimate of drug-likeness (QED) is 0.824. The molecule has 2 atom stereocenters. The molecule has 2 aromatic rings. The molecule has 1 aliphatic carbocycles. The second-order valence-electron chi connectivity index (χ2n) is 8.60. The summed E-state index contributed by atoms with van der Waals surface area (Å²) in [6, 6.07) is 2.32. The minimum Gasteiger partial charge on any atom is -0.339 e. The number of piperidine rings is 1. The summed E-state index contributed by atoms with van der Waals surface area (Å²) in [6.07, 6.45) is 8.37. The zero-order valence-corrected chi connectivity index (χ0v) is 15.7. The fraction of sp³-hybridized carbons (Fsp3) is 0.750. The minimum absolute atomic E-state index is 0.551. The molecule has 5 rings (SSSR count). The number of likely N-dealkylation sites (tertiary alicyclic amines) is 1. The fourth-order valence-electron chi connectivity index (χ4n) is 4.56. The van der Waals surface area contributed by atoms with Crippen molar-refractivity contribution in [2.75, 3.05) is 13.1 Å². The molecule has 0 spiro atoms. The molecule has 1 saturated heterocycles. The van der Waals surface area contributed by atoms with Crippen molar-refractivity contribution in [1.82, 2.24) is 24.8 Å². The van der Waals surface area contributed by atoms with Crippen molar-refractivity contribution < 1.29 is 4.52 Å². The molecule has 26 heavy (non-hydrogen) atoms. The van der Waals surface area contributed by atoms with E-state index in [1.54, 1.807) is 0 Å². The van der Waals surface area contributed by atoms with E-state index in [-0.39, 0.29) is 0 Å². The highest BCUT2D eigenvalue weighted by molar-refractivity contribution is 5.12. The van der Waals surface area contributed by atoms with Gasteiger partial charge in [0.2, 0.25) is 5.89 Å². The van der Waals surface area contributed by atoms with Gasteiger partial charge in [-0.1, -0.05) is 12.1 Å². The molecular formula is C20H29N5O. The van der Waals surface area contributed by atoms with Gasteiger partial charge in [0, 0.05) is 31.1 Å². The topological polar surface area (TPSA) is 60.0 Å². The van der Waals surface area contributed by atoms with Crippen LogP contribution in [0.4, 0.5) is 0 Å². The maximum absolute atomic E-state index is 5.50. The Hall–Kier alpha value is -1.69. The Morgan fingerprint density at radius 1 is 1.19 bits per heavy atom. The van der Waals surface area contributed by atoms with Gasteiger partial charge in [-0.2, -0.15) is 10.1 Å². The van der Waals surface area contributed by atoms with E-state index in [9.17, 15) is 0 Å². The van der Waals surface area contributed by atoms with E-state index in [2.05, 4.69) is 32.7 Å². The van der Waals surface area contributed by atoms with Gasteiger partial charge >= 0.3 is 0 Å². The molecule has 0 radical (unpaired) electrons. The maximum Gasteiger partial charge on any atom is 0.226 e. The summed E-state index contributed by atoms with van der Waals surface area (Å²) < 4.78 is 7.72. The predicted octanol–water partition coefficient (Wildman–Crippen LogP) is 3.18. The first-order valence-corrected chi connectivity index (χ1v) is 10.3. The monoisotopic (exact) mass is 355 g/mol. The molecule has 0 aromatic carbocycles. The Kier molecular flexibility index (Phi) is 4.31. The van der Waals surface area contributed by atoms with Crippen molar-refractivity contribution in [1.29, 1.82) is 0 Å². The van der Waals surface area contributed by atoms with Gasteiger partial charge in [-0.3, -0.25) is 9.58 Å². The molecule has 2 unspecified atom stereocenters. The van der Waals surface area contributed by atoms with Crippen LogP contribution in [0.15, 0.2) is 10.6 Å². The molecule has 4 heterocycles. The number of rotatable bonds is 5. The van der Waals surface area contributed by atoms with Gasteiger partial charge in [0.25, 0.3) is 0 Å². The van der Waals surface area contributed by atoms with Crippen LogP contribution < -0.4 is 0 Å².